The first-order valence-corrected chi connectivity index (χ1v) is 7.79. The first-order valence-electron chi connectivity index (χ1n) is 7.79. The van der Waals surface area contributed by atoms with Crippen LogP contribution in [-0.4, -0.2) is 41.0 Å². The molecule has 3 rings (SSSR count). The van der Waals surface area contributed by atoms with Crippen LogP contribution in [0.25, 0.3) is 6.08 Å². The van der Waals surface area contributed by atoms with Gasteiger partial charge in [-0.25, -0.2) is 4.79 Å². The Morgan fingerprint density at radius 3 is 2.62 bits per heavy atom. The van der Waals surface area contributed by atoms with Gasteiger partial charge in [-0.05, 0) is 36.6 Å². The maximum Gasteiger partial charge on any atom is 0.331 e. The second kappa shape index (κ2) is 6.35. The molecule has 0 atom stereocenters. The number of barbiturate groups is 1. The van der Waals surface area contributed by atoms with Crippen molar-refractivity contribution in [3.05, 3.63) is 29.3 Å². The van der Waals surface area contributed by atoms with Crippen molar-refractivity contribution in [2.24, 2.45) is 0 Å². The molecule has 7 nitrogen and oxygen atoms in total. The summed E-state index contributed by atoms with van der Waals surface area (Å²) in [6.07, 6.45) is 4.84. The van der Waals surface area contributed by atoms with Crippen molar-refractivity contribution in [3.8, 4) is 11.5 Å². The Kier molecular flexibility index (Phi) is 4.24. The normalized spacial score (nSPS) is 20.6. The van der Waals surface area contributed by atoms with E-state index in [0.717, 1.165) is 30.6 Å². The summed E-state index contributed by atoms with van der Waals surface area (Å²) in [5, 5.41) is 11.8. The average Bonchev–Trinajstić information content (AvgIpc) is 3.06. The minimum absolute atomic E-state index is 0.0400. The Bertz CT molecular complexity index is 734. The number of urea groups is 1. The van der Waals surface area contributed by atoms with Gasteiger partial charge in [-0.2, -0.15) is 0 Å². The molecular formula is C17H18N2O5. The predicted molar refractivity (Wildman–Crippen MR) is 85.3 cm³/mol. The summed E-state index contributed by atoms with van der Waals surface area (Å²) in [6.45, 7) is 0. The third-order valence-corrected chi connectivity index (χ3v) is 4.34. The molecule has 1 saturated heterocycles. The fourth-order valence-corrected chi connectivity index (χ4v) is 3.12. The lowest BCUT2D eigenvalue weighted by Crippen LogP contribution is -2.57. The predicted octanol–water partition coefficient (Wildman–Crippen LogP) is 1.81. The van der Waals surface area contributed by atoms with Crippen LogP contribution in [0.1, 0.15) is 31.2 Å². The zero-order valence-corrected chi connectivity index (χ0v) is 13.2. The molecule has 1 aliphatic heterocycles. The zero-order chi connectivity index (χ0) is 17.3. The highest BCUT2D eigenvalue weighted by Gasteiger charge is 2.40. The van der Waals surface area contributed by atoms with Crippen LogP contribution in [0.4, 0.5) is 4.79 Å². The van der Waals surface area contributed by atoms with E-state index in [1.165, 1.54) is 25.3 Å². The molecule has 126 valence electrons. The van der Waals surface area contributed by atoms with E-state index in [0.29, 0.717) is 5.56 Å². The summed E-state index contributed by atoms with van der Waals surface area (Å²) >= 11 is 0. The van der Waals surface area contributed by atoms with E-state index in [1.807, 2.05) is 0 Å². The van der Waals surface area contributed by atoms with Crippen molar-refractivity contribution >= 4 is 23.9 Å². The molecule has 2 fully saturated rings. The minimum Gasteiger partial charge on any atom is -0.504 e. The van der Waals surface area contributed by atoms with Gasteiger partial charge in [-0.3, -0.25) is 19.8 Å². The Hall–Kier alpha value is -2.83. The molecule has 4 amide bonds. The molecule has 0 spiro atoms. The van der Waals surface area contributed by atoms with Gasteiger partial charge in [0.1, 0.15) is 5.57 Å². The molecule has 7 heteroatoms. The molecule has 0 bridgehead atoms. The van der Waals surface area contributed by atoms with E-state index < -0.39 is 17.8 Å². The maximum absolute atomic E-state index is 12.7. The van der Waals surface area contributed by atoms with Crippen LogP contribution in [0.2, 0.25) is 0 Å². The smallest absolute Gasteiger partial charge is 0.331 e. The number of aromatic hydroxyl groups is 1. The molecular weight excluding hydrogens is 312 g/mol. The van der Waals surface area contributed by atoms with Gasteiger partial charge in [-0.1, -0.05) is 18.9 Å². The minimum atomic E-state index is -0.716. The van der Waals surface area contributed by atoms with Crippen LogP contribution in [-0.2, 0) is 9.59 Å². The lowest BCUT2D eigenvalue weighted by atomic mass is 10.0. The van der Waals surface area contributed by atoms with Gasteiger partial charge in [0.25, 0.3) is 11.8 Å². The topological polar surface area (TPSA) is 95.9 Å². The van der Waals surface area contributed by atoms with Gasteiger partial charge < -0.3 is 9.84 Å². The van der Waals surface area contributed by atoms with Crippen molar-refractivity contribution in [2.45, 2.75) is 31.7 Å². The fourth-order valence-electron chi connectivity index (χ4n) is 3.12. The summed E-state index contributed by atoms with van der Waals surface area (Å²) in [5.41, 5.74) is 0.415. The van der Waals surface area contributed by atoms with E-state index >= 15 is 0 Å². The SMILES string of the molecule is COc1cc(/C=C2\C(=O)NC(=O)N(C3CCCC3)C2=O)ccc1O. The number of phenolic OH excluding ortho intramolecular Hbond substituents is 1. The van der Waals surface area contributed by atoms with E-state index in [2.05, 4.69) is 5.32 Å². The lowest BCUT2D eigenvalue weighted by Gasteiger charge is -2.31. The Balaban J connectivity index is 1.94. The number of amides is 4. The van der Waals surface area contributed by atoms with Gasteiger partial charge in [0.05, 0.1) is 7.11 Å². The number of methoxy groups -OCH3 is 1. The number of carbonyl (C=O) groups excluding carboxylic acids is 3. The molecule has 1 saturated carbocycles. The first-order chi connectivity index (χ1) is 11.5. The Morgan fingerprint density at radius 1 is 1.25 bits per heavy atom. The quantitative estimate of drug-likeness (QED) is 0.651. The number of hydrogen-bond acceptors (Lipinski definition) is 5. The van der Waals surface area contributed by atoms with Crippen molar-refractivity contribution in [1.82, 2.24) is 10.2 Å². The van der Waals surface area contributed by atoms with Crippen molar-refractivity contribution < 1.29 is 24.2 Å². The highest BCUT2D eigenvalue weighted by Crippen LogP contribution is 2.29. The van der Waals surface area contributed by atoms with Crippen molar-refractivity contribution in [1.29, 1.82) is 0 Å². The van der Waals surface area contributed by atoms with Crippen LogP contribution >= 0.6 is 0 Å². The Morgan fingerprint density at radius 2 is 1.96 bits per heavy atom. The molecule has 0 aromatic heterocycles. The van der Waals surface area contributed by atoms with Gasteiger partial charge in [0.15, 0.2) is 11.5 Å². The third-order valence-electron chi connectivity index (χ3n) is 4.34. The first kappa shape index (κ1) is 16.0. The summed E-state index contributed by atoms with van der Waals surface area (Å²) in [7, 11) is 1.41. The van der Waals surface area contributed by atoms with Crippen LogP contribution in [0.5, 0.6) is 11.5 Å². The highest BCUT2D eigenvalue weighted by molar-refractivity contribution is 6.31. The van der Waals surface area contributed by atoms with Crippen LogP contribution in [0.15, 0.2) is 23.8 Å². The standard InChI is InChI=1S/C17H18N2O5/c1-24-14-9-10(6-7-13(14)20)8-12-15(21)18-17(23)19(16(12)22)11-4-2-3-5-11/h6-9,11,20H,2-5H2,1H3,(H,18,21,23)/b12-8+. The number of ether oxygens (including phenoxy) is 1. The van der Waals surface area contributed by atoms with Gasteiger partial charge in [0.2, 0.25) is 0 Å². The van der Waals surface area contributed by atoms with Crippen LogP contribution in [0, 0.1) is 0 Å². The van der Waals surface area contributed by atoms with E-state index in [4.69, 9.17) is 4.74 Å². The molecule has 2 N–H and O–H groups in total. The van der Waals surface area contributed by atoms with E-state index in [1.54, 1.807) is 6.07 Å². The zero-order valence-electron chi connectivity index (χ0n) is 13.2. The molecule has 1 aromatic carbocycles. The van der Waals surface area contributed by atoms with Gasteiger partial charge in [-0.15, -0.1) is 0 Å². The van der Waals surface area contributed by atoms with E-state index in [9.17, 15) is 19.5 Å². The number of hydrogen-bond donors (Lipinski definition) is 2. The molecule has 1 heterocycles. The largest absolute Gasteiger partial charge is 0.504 e. The fraction of sp³-hybridized carbons (Fsp3) is 0.353. The number of imide groups is 2. The van der Waals surface area contributed by atoms with Crippen molar-refractivity contribution in [3.63, 3.8) is 0 Å². The number of benzene rings is 1. The number of nitrogens with zero attached hydrogens (tertiary/aromatic N) is 1. The van der Waals surface area contributed by atoms with Gasteiger partial charge in [0, 0.05) is 6.04 Å². The van der Waals surface area contributed by atoms with Crippen LogP contribution < -0.4 is 10.1 Å². The summed E-state index contributed by atoms with van der Waals surface area (Å²) in [5.74, 6) is -1.10. The molecule has 0 radical (unpaired) electrons. The monoisotopic (exact) mass is 330 g/mol. The lowest BCUT2D eigenvalue weighted by molar-refractivity contribution is -0.131. The molecule has 0 unspecified atom stereocenters. The van der Waals surface area contributed by atoms with Crippen molar-refractivity contribution in [2.75, 3.05) is 7.11 Å². The highest BCUT2D eigenvalue weighted by atomic mass is 16.5. The third kappa shape index (κ3) is 2.84. The number of phenols is 1. The molecule has 24 heavy (non-hydrogen) atoms. The Labute approximate surface area is 138 Å². The summed E-state index contributed by atoms with van der Waals surface area (Å²) < 4.78 is 5.02. The number of nitrogens with one attached hydrogen (secondary N) is 1. The average molecular weight is 330 g/mol. The van der Waals surface area contributed by atoms with Gasteiger partial charge >= 0.3 is 6.03 Å². The maximum atomic E-state index is 12.7. The molecule has 1 aliphatic carbocycles. The molecule has 2 aliphatic rings. The molecule has 1 aromatic rings. The van der Waals surface area contributed by atoms with E-state index in [-0.39, 0.29) is 23.1 Å². The second-order valence-corrected chi connectivity index (χ2v) is 5.86. The summed E-state index contributed by atoms with van der Waals surface area (Å²) in [6, 6.07) is 3.66. The second-order valence-electron chi connectivity index (χ2n) is 5.86. The van der Waals surface area contributed by atoms with Crippen LogP contribution in [0.3, 0.4) is 0 Å². The summed E-state index contributed by atoms with van der Waals surface area (Å²) in [4.78, 5) is 37.9. The number of rotatable bonds is 3. The number of carbonyl (C=O) groups is 3.